The van der Waals surface area contributed by atoms with E-state index >= 15 is 0 Å². The van der Waals surface area contributed by atoms with E-state index in [1.807, 2.05) is 0 Å². The van der Waals surface area contributed by atoms with E-state index in [1.165, 1.54) is 11.8 Å². The molecule has 1 aliphatic rings. The zero-order valence-corrected chi connectivity index (χ0v) is 10.2. The molecule has 6 nitrogen and oxygen atoms in total. The quantitative estimate of drug-likeness (QED) is 0.668. The van der Waals surface area contributed by atoms with Gasteiger partial charge in [-0.15, -0.1) is 0 Å². The first-order valence-corrected chi connectivity index (χ1v) is 5.87. The molecule has 0 spiro atoms. The van der Waals surface area contributed by atoms with Crippen molar-refractivity contribution in [2.75, 3.05) is 7.05 Å². The minimum atomic E-state index is -1.26. The molecule has 2 atom stereocenters. The van der Waals surface area contributed by atoms with Gasteiger partial charge in [0.25, 0.3) is 0 Å². The van der Waals surface area contributed by atoms with Crippen molar-refractivity contribution in [2.24, 2.45) is 0 Å². The number of hydrogen-bond acceptors (Lipinski definition) is 3. The number of nitrogens with one attached hydrogen (secondary N) is 1. The van der Waals surface area contributed by atoms with Crippen LogP contribution in [-0.2, 0) is 4.79 Å². The molecule has 17 heavy (non-hydrogen) atoms. The summed E-state index contributed by atoms with van der Waals surface area (Å²) in [6.07, 6.45) is 2.99. The summed E-state index contributed by atoms with van der Waals surface area (Å²) < 4.78 is 0. The maximum atomic E-state index is 11.8. The van der Waals surface area contributed by atoms with E-state index in [0.717, 1.165) is 25.7 Å². The molecule has 0 aromatic rings. The normalized spacial score (nSPS) is 19.7. The Labute approximate surface area is 101 Å². The summed E-state index contributed by atoms with van der Waals surface area (Å²) in [5.74, 6) is -1.23. The molecular formula is C11H20N2O4. The Morgan fingerprint density at radius 2 is 1.88 bits per heavy atom. The third-order valence-electron chi connectivity index (χ3n) is 3.22. The van der Waals surface area contributed by atoms with E-state index < -0.39 is 24.1 Å². The molecule has 1 saturated carbocycles. The number of aliphatic carboxylic acids is 1. The van der Waals surface area contributed by atoms with Crippen LogP contribution in [0.25, 0.3) is 0 Å². The van der Waals surface area contributed by atoms with Crippen LogP contribution < -0.4 is 5.32 Å². The molecule has 2 amide bonds. The predicted octanol–water partition coefficient (Wildman–Crippen LogP) is 0.404. The Balaban J connectivity index is 2.54. The van der Waals surface area contributed by atoms with Crippen molar-refractivity contribution in [1.29, 1.82) is 0 Å². The summed E-state index contributed by atoms with van der Waals surface area (Å²) in [6, 6.07) is -1.52. The minimum Gasteiger partial charge on any atom is -0.480 e. The first-order valence-electron chi connectivity index (χ1n) is 5.87. The third-order valence-corrected chi connectivity index (χ3v) is 3.22. The Morgan fingerprint density at radius 3 is 2.29 bits per heavy atom. The van der Waals surface area contributed by atoms with Crippen molar-refractivity contribution in [2.45, 2.75) is 50.8 Å². The SMILES string of the molecule is C[C@@H](O)[C@H](NC(=O)N(C)C1CCCC1)C(=O)O. The summed E-state index contributed by atoms with van der Waals surface area (Å²) in [4.78, 5) is 24.1. The molecule has 0 aromatic heterocycles. The van der Waals surface area contributed by atoms with Crippen LogP contribution in [0.1, 0.15) is 32.6 Å². The second kappa shape index (κ2) is 5.86. The van der Waals surface area contributed by atoms with Crippen LogP contribution in [0.5, 0.6) is 0 Å². The Bertz CT molecular complexity index is 287. The molecule has 1 rings (SSSR count). The fourth-order valence-corrected chi connectivity index (χ4v) is 2.08. The molecule has 6 heteroatoms. The second-order valence-electron chi connectivity index (χ2n) is 4.56. The average Bonchev–Trinajstić information content (AvgIpc) is 2.76. The fraction of sp³-hybridized carbons (Fsp3) is 0.818. The van der Waals surface area contributed by atoms with Crippen molar-refractivity contribution < 1.29 is 19.8 Å². The van der Waals surface area contributed by atoms with E-state index in [2.05, 4.69) is 5.32 Å². The Morgan fingerprint density at radius 1 is 1.35 bits per heavy atom. The lowest BCUT2D eigenvalue weighted by Crippen LogP contribution is -2.53. The number of aliphatic hydroxyl groups excluding tert-OH is 1. The highest BCUT2D eigenvalue weighted by molar-refractivity contribution is 5.83. The van der Waals surface area contributed by atoms with Gasteiger partial charge in [0.05, 0.1) is 6.10 Å². The Kier molecular flexibility index (Phi) is 4.74. The van der Waals surface area contributed by atoms with E-state index in [1.54, 1.807) is 7.05 Å². The number of hydrogen-bond donors (Lipinski definition) is 3. The number of nitrogens with zero attached hydrogens (tertiary/aromatic N) is 1. The first kappa shape index (κ1) is 13.8. The van der Waals surface area contributed by atoms with Gasteiger partial charge in [-0.25, -0.2) is 9.59 Å². The lowest BCUT2D eigenvalue weighted by molar-refractivity contribution is -0.141. The number of aliphatic hydroxyl groups is 1. The highest BCUT2D eigenvalue weighted by Crippen LogP contribution is 2.22. The van der Waals surface area contributed by atoms with Crippen molar-refractivity contribution >= 4 is 12.0 Å². The van der Waals surface area contributed by atoms with Crippen molar-refractivity contribution in [3.63, 3.8) is 0 Å². The zero-order chi connectivity index (χ0) is 13.0. The van der Waals surface area contributed by atoms with Gasteiger partial charge >= 0.3 is 12.0 Å². The highest BCUT2D eigenvalue weighted by Gasteiger charge is 2.29. The van der Waals surface area contributed by atoms with Gasteiger partial charge in [0.1, 0.15) is 0 Å². The lowest BCUT2D eigenvalue weighted by Gasteiger charge is -2.27. The number of carbonyl (C=O) groups is 2. The molecule has 0 aromatic carbocycles. The van der Waals surface area contributed by atoms with E-state index in [-0.39, 0.29) is 6.04 Å². The number of rotatable bonds is 4. The van der Waals surface area contributed by atoms with Crippen LogP contribution in [-0.4, -0.2) is 52.3 Å². The smallest absolute Gasteiger partial charge is 0.328 e. The summed E-state index contributed by atoms with van der Waals surface area (Å²) in [5.41, 5.74) is 0. The van der Waals surface area contributed by atoms with Crippen LogP contribution in [0.2, 0.25) is 0 Å². The molecule has 0 bridgehead atoms. The second-order valence-corrected chi connectivity index (χ2v) is 4.56. The molecule has 1 fully saturated rings. The van der Waals surface area contributed by atoms with E-state index in [9.17, 15) is 14.7 Å². The number of amides is 2. The topological polar surface area (TPSA) is 89.9 Å². The van der Waals surface area contributed by atoms with Gasteiger partial charge in [0, 0.05) is 13.1 Å². The number of urea groups is 1. The van der Waals surface area contributed by atoms with Crippen molar-refractivity contribution in [3.05, 3.63) is 0 Å². The van der Waals surface area contributed by atoms with Gasteiger partial charge in [-0.1, -0.05) is 12.8 Å². The standard InChI is InChI=1S/C11H20N2O4/c1-7(14)9(10(15)16)12-11(17)13(2)8-5-3-4-6-8/h7-9,14H,3-6H2,1-2H3,(H,12,17)(H,15,16)/t7-,9+/m1/s1. The molecule has 0 unspecified atom stereocenters. The van der Waals surface area contributed by atoms with Crippen molar-refractivity contribution in [3.8, 4) is 0 Å². The average molecular weight is 244 g/mol. The number of carbonyl (C=O) groups excluding carboxylic acids is 1. The first-order chi connectivity index (χ1) is 7.93. The van der Waals surface area contributed by atoms with Gasteiger partial charge in [0.15, 0.2) is 6.04 Å². The van der Waals surface area contributed by atoms with Crippen molar-refractivity contribution in [1.82, 2.24) is 10.2 Å². The van der Waals surface area contributed by atoms with Gasteiger partial charge in [-0.3, -0.25) is 0 Å². The largest absolute Gasteiger partial charge is 0.480 e. The van der Waals surface area contributed by atoms with Crippen LogP contribution in [0.15, 0.2) is 0 Å². The number of carboxylic acids is 1. The van der Waals surface area contributed by atoms with Crippen LogP contribution in [0.4, 0.5) is 4.79 Å². The summed E-state index contributed by atoms with van der Waals surface area (Å²) >= 11 is 0. The summed E-state index contributed by atoms with van der Waals surface area (Å²) in [6.45, 7) is 1.34. The Hall–Kier alpha value is -1.30. The lowest BCUT2D eigenvalue weighted by atomic mass is 10.2. The predicted molar refractivity (Wildman–Crippen MR) is 61.7 cm³/mol. The van der Waals surface area contributed by atoms with Crippen LogP contribution in [0, 0.1) is 0 Å². The fourth-order valence-electron chi connectivity index (χ4n) is 2.08. The maximum absolute atomic E-state index is 11.8. The van der Waals surface area contributed by atoms with Crippen LogP contribution >= 0.6 is 0 Å². The zero-order valence-electron chi connectivity index (χ0n) is 10.2. The molecule has 3 N–H and O–H groups in total. The van der Waals surface area contributed by atoms with E-state index in [4.69, 9.17) is 5.11 Å². The highest BCUT2D eigenvalue weighted by atomic mass is 16.4. The van der Waals surface area contributed by atoms with Crippen LogP contribution in [0.3, 0.4) is 0 Å². The molecule has 98 valence electrons. The maximum Gasteiger partial charge on any atom is 0.328 e. The molecular weight excluding hydrogens is 224 g/mol. The minimum absolute atomic E-state index is 0.179. The molecule has 0 aliphatic heterocycles. The molecule has 1 aliphatic carbocycles. The molecule has 0 radical (unpaired) electrons. The summed E-state index contributed by atoms with van der Waals surface area (Å²) in [5, 5.41) is 20.4. The molecule has 0 saturated heterocycles. The van der Waals surface area contributed by atoms with Gasteiger partial charge in [0.2, 0.25) is 0 Å². The van der Waals surface area contributed by atoms with E-state index in [0.29, 0.717) is 0 Å². The number of carboxylic acid groups (broad SMARTS) is 1. The third kappa shape index (κ3) is 3.59. The van der Waals surface area contributed by atoms with Gasteiger partial charge in [-0.2, -0.15) is 0 Å². The summed E-state index contributed by atoms with van der Waals surface area (Å²) in [7, 11) is 1.66. The van der Waals surface area contributed by atoms with Gasteiger partial charge < -0.3 is 20.4 Å². The molecule has 0 heterocycles. The monoisotopic (exact) mass is 244 g/mol. The van der Waals surface area contributed by atoms with Gasteiger partial charge in [-0.05, 0) is 19.8 Å².